The van der Waals surface area contributed by atoms with Gasteiger partial charge in [0.1, 0.15) is 0 Å². The molecule has 2 aromatic rings. The number of amides is 2. The van der Waals surface area contributed by atoms with Crippen molar-refractivity contribution in [3.63, 3.8) is 0 Å². The molecule has 0 bridgehead atoms. The zero-order chi connectivity index (χ0) is 14.8. The molecule has 0 aliphatic carbocycles. The highest BCUT2D eigenvalue weighted by Crippen LogP contribution is 2.32. The topological polar surface area (TPSA) is 58.4 Å². The second-order valence-corrected chi connectivity index (χ2v) is 5.52. The van der Waals surface area contributed by atoms with Gasteiger partial charge in [-0.25, -0.2) is 4.79 Å². The maximum Gasteiger partial charge on any atom is 0.322 e. The molecule has 0 unspecified atom stereocenters. The van der Waals surface area contributed by atoms with E-state index in [0.717, 1.165) is 36.5 Å². The van der Waals surface area contributed by atoms with Crippen molar-refractivity contribution in [1.82, 2.24) is 10.1 Å². The van der Waals surface area contributed by atoms with Crippen molar-refractivity contribution in [3.8, 4) is 0 Å². The molecule has 2 amide bonds. The SMILES string of the molecule is Cc1ccc(NC(=O)N2CCC[C@@H]2c2cc(C)no2)cc1. The molecule has 2 heterocycles. The van der Waals surface area contributed by atoms with E-state index in [-0.39, 0.29) is 12.1 Å². The van der Waals surface area contributed by atoms with Crippen molar-refractivity contribution >= 4 is 11.7 Å². The quantitative estimate of drug-likeness (QED) is 0.916. The van der Waals surface area contributed by atoms with E-state index in [2.05, 4.69) is 10.5 Å². The summed E-state index contributed by atoms with van der Waals surface area (Å²) in [7, 11) is 0. The minimum absolute atomic E-state index is 0.0170. The van der Waals surface area contributed by atoms with E-state index in [9.17, 15) is 4.79 Å². The molecule has 1 aliphatic rings. The van der Waals surface area contributed by atoms with Crippen molar-refractivity contribution < 1.29 is 9.32 Å². The summed E-state index contributed by atoms with van der Waals surface area (Å²) in [5.41, 5.74) is 2.82. The minimum Gasteiger partial charge on any atom is -0.359 e. The van der Waals surface area contributed by atoms with E-state index in [1.165, 1.54) is 5.56 Å². The number of urea groups is 1. The normalized spacial score (nSPS) is 18.0. The molecule has 0 saturated carbocycles. The Kier molecular flexibility index (Phi) is 3.64. The van der Waals surface area contributed by atoms with Gasteiger partial charge in [0.25, 0.3) is 0 Å². The van der Waals surface area contributed by atoms with Crippen molar-refractivity contribution in [1.29, 1.82) is 0 Å². The zero-order valence-electron chi connectivity index (χ0n) is 12.3. The Balaban J connectivity index is 1.72. The lowest BCUT2D eigenvalue weighted by atomic mass is 10.1. The van der Waals surface area contributed by atoms with Crippen LogP contribution >= 0.6 is 0 Å². The summed E-state index contributed by atoms with van der Waals surface area (Å²) in [6.45, 7) is 4.65. The van der Waals surface area contributed by atoms with Crippen molar-refractivity contribution in [2.24, 2.45) is 0 Å². The zero-order valence-corrected chi connectivity index (χ0v) is 12.3. The predicted molar refractivity (Wildman–Crippen MR) is 80.1 cm³/mol. The van der Waals surface area contributed by atoms with Crippen LogP contribution in [0.25, 0.3) is 0 Å². The molecule has 5 heteroatoms. The van der Waals surface area contributed by atoms with Gasteiger partial charge in [-0.2, -0.15) is 0 Å². The first-order valence-electron chi connectivity index (χ1n) is 7.21. The van der Waals surface area contributed by atoms with E-state index >= 15 is 0 Å². The predicted octanol–water partition coefficient (Wildman–Crippen LogP) is 3.66. The van der Waals surface area contributed by atoms with Crippen LogP contribution in [0.4, 0.5) is 10.5 Å². The number of carbonyl (C=O) groups excluding carboxylic acids is 1. The lowest BCUT2D eigenvalue weighted by Gasteiger charge is -2.23. The maximum absolute atomic E-state index is 12.4. The Bertz CT molecular complexity index is 633. The monoisotopic (exact) mass is 285 g/mol. The van der Waals surface area contributed by atoms with Crippen LogP contribution in [0, 0.1) is 13.8 Å². The van der Waals surface area contributed by atoms with Crippen LogP contribution in [0.15, 0.2) is 34.9 Å². The number of hydrogen-bond donors (Lipinski definition) is 1. The highest BCUT2D eigenvalue weighted by molar-refractivity contribution is 5.89. The second kappa shape index (κ2) is 5.60. The first-order valence-corrected chi connectivity index (χ1v) is 7.21. The van der Waals surface area contributed by atoms with E-state index in [0.29, 0.717) is 0 Å². The van der Waals surface area contributed by atoms with Gasteiger partial charge >= 0.3 is 6.03 Å². The van der Waals surface area contributed by atoms with Gasteiger partial charge in [-0.1, -0.05) is 22.9 Å². The molecule has 1 N–H and O–H groups in total. The van der Waals surface area contributed by atoms with E-state index in [1.807, 2.05) is 49.1 Å². The molecule has 21 heavy (non-hydrogen) atoms. The number of likely N-dealkylation sites (tertiary alicyclic amines) is 1. The largest absolute Gasteiger partial charge is 0.359 e. The summed E-state index contributed by atoms with van der Waals surface area (Å²) in [6, 6.07) is 9.59. The highest BCUT2D eigenvalue weighted by atomic mass is 16.5. The molecule has 1 aromatic heterocycles. The Hall–Kier alpha value is -2.30. The van der Waals surface area contributed by atoms with Crippen LogP contribution in [0.2, 0.25) is 0 Å². The number of benzene rings is 1. The average Bonchev–Trinajstić information content (AvgIpc) is 3.09. The second-order valence-electron chi connectivity index (χ2n) is 5.52. The molecule has 1 saturated heterocycles. The van der Waals surface area contributed by atoms with Gasteiger partial charge in [-0.3, -0.25) is 0 Å². The number of aromatic nitrogens is 1. The first kappa shape index (κ1) is 13.7. The Morgan fingerprint density at radius 1 is 1.33 bits per heavy atom. The van der Waals surface area contributed by atoms with Crippen LogP contribution in [-0.4, -0.2) is 22.6 Å². The molecule has 5 nitrogen and oxygen atoms in total. The van der Waals surface area contributed by atoms with Gasteiger partial charge in [-0.05, 0) is 38.8 Å². The Morgan fingerprint density at radius 2 is 2.10 bits per heavy atom. The number of anilines is 1. The van der Waals surface area contributed by atoms with Gasteiger partial charge in [0.05, 0.1) is 11.7 Å². The van der Waals surface area contributed by atoms with E-state index in [4.69, 9.17) is 4.52 Å². The van der Waals surface area contributed by atoms with E-state index < -0.39 is 0 Å². The van der Waals surface area contributed by atoms with Gasteiger partial charge in [-0.15, -0.1) is 0 Å². The van der Waals surface area contributed by atoms with Gasteiger partial charge in [0.15, 0.2) is 5.76 Å². The standard InChI is InChI=1S/C16H19N3O2/c1-11-5-7-13(8-6-11)17-16(20)19-9-3-4-14(19)15-10-12(2)18-21-15/h5-8,10,14H,3-4,9H2,1-2H3,(H,17,20)/t14-/m1/s1. The van der Waals surface area contributed by atoms with Crippen LogP contribution in [0.5, 0.6) is 0 Å². The summed E-state index contributed by atoms with van der Waals surface area (Å²) in [6.07, 6.45) is 1.89. The average molecular weight is 285 g/mol. The van der Waals surface area contributed by atoms with Crippen LogP contribution in [0.1, 0.15) is 35.9 Å². The van der Waals surface area contributed by atoms with Gasteiger partial charge in [0, 0.05) is 18.3 Å². The fourth-order valence-electron chi connectivity index (χ4n) is 2.68. The number of nitrogens with zero attached hydrogens (tertiary/aromatic N) is 2. The molecular formula is C16H19N3O2. The Labute approximate surface area is 123 Å². The minimum atomic E-state index is -0.0876. The molecule has 1 aromatic carbocycles. The molecule has 1 atom stereocenters. The fourth-order valence-corrected chi connectivity index (χ4v) is 2.68. The Morgan fingerprint density at radius 3 is 2.76 bits per heavy atom. The maximum atomic E-state index is 12.4. The number of carbonyl (C=O) groups is 1. The summed E-state index contributed by atoms with van der Waals surface area (Å²) in [4.78, 5) is 14.3. The van der Waals surface area contributed by atoms with Crippen molar-refractivity contribution in [3.05, 3.63) is 47.3 Å². The van der Waals surface area contributed by atoms with Crippen molar-refractivity contribution in [2.45, 2.75) is 32.7 Å². The fraction of sp³-hybridized carbons (Fsp3) is 0.375. The molecule has 3 rings (SSSR count). The lowest BCUT2D eigenvalue weighted by molar-refractivity contribution is 0.195. The summed E-state index contributed by atoms with van der Waals surface area (Å²) < 4.78 is 5.32. The summed E-state index contributed by atoms with van der Waals surface area (Å²) >= 11 is 0. The third-order valence-electron chi connectivity index (χ3n) is 3.79. The smallest absolute Gasteiger partial charge is 0.322 e. The first-order chi connectivity index (χ1) is 10.1. The van der Waals surface area contributed by atoms with E-state index in [1.54, 1.807) is 0 Å². The summed E-state index contributed by atoms with van der Waals surface area (Å²) in [5.74, 6) is 0.768. The van der Waals surface area contributed by atoms with Crippen LogP contribution in [-0.2, 0) is 0 Å². The molecule has 1 aliphatic heterocycles. The number of aryl methyl sites for hydroxylation is 2. The highest BCUT2D eigenvalue weighted by Gasteiger charge is 2.32. The van der Waals surface area contributed by atoms with Crippen LogP contribution < -0.4 is 5.32 Å². The third-order valence-corrected chi connectivity index (χ3v) is 3.79. The van der Waals surface area contributed by atoms with Gasteiger partial charge < -0.3 is 14.7 Å². The van der Waals surface area contributed by atoms with Crippen molar-refractivity contribution in [2.75, 3.05) is 11.9 Å². The summed E-state index contributed by atoms with van der Waals surface area (Å²) in [5, 5.41) is 6.86. The number of hydrogen-bond acceptors (Lipinski definition) is 3. The molecule has 110 valence electrons. The van der Waals surface area contributed by atoms with Crippen LogP contribution in [0.3, 0.4) is 0 Å². The molecule has 0 radical (unpaired) electrons. The molecule has 0 spiro atoms. The van der Waals surface area contributed by atoms with Gasteiger partial charge in [0.2, 0.25) is 0 Å². The number of nitrogens with one attached hydrogen (secondary N) is 1. The number of rotatable bonds is 2. The third kappa shape index (κ3) is 2.91. The lowest BCUT2D eigenvalue weighted by Crippen LogP contribution is -2.34. The molecule has 1 fully saturated rings. The molecular weight excluding hydrogens is 266 g/mol.